The second-order valence-electron chi connectivity index (χ2n) is 11.6. The lowest BCUT2D eigenvalue weighted by atomic mass is 9.46. The van der Waals surface area contributed by atoms with Gasteiger partial charge < -0.3 is 14.3 Å². The molecule has 1 unspecified atom stereocenters. The van der Waals surface area contributed by atoms with E-state index in [1.165, 1.54) is 49.7 Å². The molecule has 4 aliphatic rings. The van der Waals surface area contributed by atoms with Gasteiger partial charge in [0.2, 0.25) is 0 Å². The fourth-order valence-electron chi connectivity index (χ4n) is 8.06. The maximum absolute atomic E-state index is 11.7. The number of allylic oxidation sites excluding steroid dienone is 3. The third kappa shape index (κ3) is 4.74. The summed E-state index contributed by atoms with van der Waals surface area (Å²) >= 11 is 0. The minimum Gasteiger partial charge on any atom is -0.431 e. The summed E-state index contributed by atoms with van der Waals surface area (Å²) in [6, 6.07) is 4.31. The molecule has 6 atom stereocenters. The van der Waals surface area contributed by atoms with Gasteiger partial charge >= 0.3 is 6.16 Å². The molecule has 4 aliphatic carbocycles. The molecule has 0 amide bonds. The predicted octanol–water partition coefficient (Wildman–Crippen LogP) is 6.35. The Morgan fingerprint density at radius 3 is 2.81 bits per heavy atom. The quantitative estimate of drug-likeness (QED) is 0.197. The summed E-state index contributed by atoms with van der Waals surface area (Å²) in [5.41, 5.74) is 7.92. The number of ether oxygens (including phenoxy) is 2. The molecule has 6 heteroatoms. The van der Waals surface area contributed by atoms with Crippen molar-refractivity contribution in [3.8, 4) is 0 Å². The van der Waals surface area contributed by atoms with Crippen molar-refractivity contribution in [3.05, 3.63) is 47.8 Å². The molecule has 1 N–H and O–H groups in total. The molecule has 0 saturated heterocycles. The summed E-state index contributed by atoms with van der Waals surface area (Å²) in [5, 5.41) is 0. The van der Waals surface area contributed by atoms with Crippen molar-refractivity contribution in [2.45, 2.75) is 65.7 Å². The lowest BCUT2D eigenvalue weighted by Crippen LogP contribution is -2.50. The van der Waals surface area contributed by atoms with Gasteiger partial charge in [0.05, 0.1) is 6.61 Å². The van der Waals surface area contributed by atoms with E-state index in [1.54, 1.807) is 5.57 Å². The van der Waals surface area contributed by atoms with Gasteiger partial charge in [-0.25, -0.2) is 4.79 Å². The van der Waals surface area contributed by atoms with E-state index in [0.29, 0.717) is 31.1 Å². The van der Waals surface area contributed by atoms with Crippen molar-refractivity contribution < 1.29 is 19.1 Å². The Bertz CT molecular complexity index is 992. The number of hydroxylamine groups is 1. The lowest BCUT2D eigenvalue weighted by Gasteiger charge is -2.58. The molecular weight excluding hydrogens is 452 g/mol. The molecule has 36 heavy (non-hydrogen) atoms. The molecule has 2 saturated carbocycles. The second-order valence-corrected chi connectivity index (χ2v) is 11.6. The molecule has 1 aromatic rings. The Balaban J connectivity index is 1.19. The summed E-state index contributed by atoms with van der Waals surface area (Å²) in [5.74, 6) is 2.69. The maximum Gasteiger partial charge on any atom is 0.527 e. The van der Waals surface area contributed by atoms with Crippen molar-refractivity contribution in [3.63, 3.8) is 0 Å². The fraction of sp³-hybridized carbons (Fsp3) is 0.667. The van der Waals surface area contributed by atoms with Crippen LogP contribution < -0.4 is 5.48 Å². The largest absolute Gasteiger partial charge is 0.527 e. The summed E-state index contributed by atoms with van der Waals surface area (Å²) in [6.45, 7) is 8.82. The number of hydrogen-bond acceptors (Lipinski definition) is 6. The number of pyridine rings is 1. The highest BCUT2D eigenvalue weighted by molar-refractivity contribution is 5.72. The van der Waals surface area contributed by atoms with Crippen LogP contribution >= 0.6 is 0 Å². The van der Waals surface area contributed by atoms with E-state index in [-0.39, 0.29) is 12.0 Å². The number of fused-ring (bicyclic) bond motifs is 5. The molecule has 2 fully saturated rings. The second kappa shape index (κ2) is 10.7. The van der Waals surface area contributed by atoms with Crippen LogP contribution in [0.3, 0.4) is 0 Å². The van der Waals surface area contributed by atoms with Crippen molar-refractivity contribution in [1.82, 2.24) is 10.5 Å². The summed E-state index contributed by atoms with van der Waals surface area (Å²) in [6.07, 6.45) is 16.9. The SMILES string of the molecule is CCOCCOC(=O)ONCC1C=C2CC[C@H]3[C@H](CC[C@]4(C)C(c5cccnc5)=CC[C@@H]34)[C@@]2(C)CC1. The first-order chi connectivity index (χ1) is 17.5. The van der Waals surface area contributed by atoms with Crippen LogP contribution in [0.5, 0.6) is 0 Å². The third-order valence-corrected chi connectivity index (χ3v) is 9.91. The van der Waals surface area contributed by atoms with E-state index in [1.807, 2.05) is 19.3 Å². The first-order valence-corrected chi connectivity index (χ1v) is 13.9. The van der Waals surface area contributed by atoms with Crippen molar-refractivity contribution in [1.29, 1.82) is 0 Å². The van der Waals surface area contributed by atoms with E-state index in [2.05, 4.69) is 48.6 Å². The monoisotopic (exact) mass is 494 g/mol. The van der Waals surface area contributed by atoms with Crippen LogP contribution in [0.1, 0.15) is 71.3 Å². The summed E-state index contributed by atoms with van der Waals surface area (Å²) < 4.78 is 10.2. The molecule has 196 valence electrons. The minimum atomic E-state index is -0.690. The summed E-state index contributed by atoms with van der Waals surface area (Å²) in [7, 11) is 0. The van der Waals surface area contributed by atoms with Crippen molar-refractivity contribution >= 4 is 11.7 Å². The van der Waals surface area contributed by atoms with Gasteiger partial charge in [0.25, 0.3) is 0 Å². The number of aromatic nitrogens is 1. The number of rotatable bonds is 8. The molecular formula is C30H42N2O4. The van der Waals surface area contributed by atoms with Crippen LogP contribution in [0, 0.1) is 34.5 Å². The number of carbonyl (C=O) groups is 1. The van der Waals surface area contributed by atoms with Crippen molar-refractivity contribution in [2.75, 3.05) is 26.4 Å². The maximum atomic E-state index is 11.7. The van der Waals surface area contributed by atoms with Gasteiger partial charge in [-0.15, -0.1) is 5.48 Å². The molecule has 0 spiro atoms. The van der Waals surface area contributed by atoms with Gasteiger partial charge in [-0.2, -0.15) is 0 Å². The van der Waals surface area contributed by atoms with E-state index in [9.17, 15) is 4.79 Å². The third-order valence-electron chi connectivity index (χ3n) is 9.91. The lowest BCUT2D eigenvalue weighted by molar-refractivity contribution is -0.0266. The Labute approximate surface area is 215 Å². The Kier molecular flexibility index (Phi) is 7.55. The molecule has 1 heterocycles. The zero-order chi connectivity index (χ0) is 25.2. The Morgan fingerprint density at radius 1 is 1.14 bits per heavy atom. The van der Waals surface area contributed by atoms with Crippen LogP contribution in [0.25, 0.3) is 5.57 Å². The van der Waals surface area contributed by atoms with Crippen LogP contribution in [0.2, 0.25) is 0 Å². The van der Waals surface area contributed by atoms with Gasteiger partial charge in [0.15, 0.2) is 0 Å². The number of nitrogens with one attached hydrogen (secondary N) is 1. The molecule has 5 rings (SSSR count). The first kappa shape index (κ1) is 25.5. The highest BCUT2D eigenvalue weighted by Gasteiger charge is 2.57. The Hall–Kier alpha value is -2.18. The van der Waals surface area contributed by atoms with Crippen LogP contribution in [0.4, 0.5) is 4.79 Å². The van der Waals surface area contributed by atoms with Gasteiger partial charge in [0.1, 0.15) is 6.61 Å². The normalized spacial score (nSPS) is 35.1. The van der Waals surface area contributed by atoms with E-state index >= 15 is 0 Å². The molecule has 1 aromatic heterocycles. The average molecular weight is 495 g/mol. The van der Waals surface area contributed by atoms with Gasteiger partial charge in [-0.05, 0) is 104 Å². The number of nitrogens with zero attached hydrogens (tertiary/aromatic N) is 1. The molecule has 0 aromatic carbocycles. The van der Waals surface area contributed by atoms with E-state index in [4.69, 9.17) is 14.3 Å². The Morgan fingerprint density at radius 2 is 2.00 bits per heavy atom. The molecule has 0 bridgehead atoms. The molecule has 0 aliphatic heterocycles. The number of carbonyl (C=O) groups excluding carboxylic acids is 1. The van der Waals surface area contributed by atoms with E-state index in [0.717, 1.165) is 24.2 Å². The van der Waals surface area contributed by atoms with Crippen molar-refractivity contribution in [2.24, 2.45) is 34.5 Å². The van der Waals surface area contributed by atoms with Crippen LogP contribution in [-0.4, -0.2) is 37.5 Å². The van der Waals surface area contributed by atoms with Crippen LogP contribution in [-0.2, 0) is 14.3 Å². The fourth-order valence-corrected chi connectivity index (χ4v) is 8.06. The molecule has 6 nitrogen and oxygen atoms in total. The average Bonchev–Trinajstić information content (AvgIpc) is 3.24. The van der Waals surface area contributed by atoms with Gasteiger partial charge in [-0.1, -0.05) is 37.6 Å². The highest BCUT2D eigenvalue weighted by Crippen LogP contribution is 2.66. The smallest absolute Gasteiger partial charge is 0.431 e. The zero-order valence-electron chi connectivity index (χ0n) is 22.1. The topological polar surface area (TPSA) is 69.7 Å². The first-order valence-electron chi connectivity index (χ1n) is 13.9. The highest BCUT2D eigenvalue weighted by atomic mass is 16.8. The van der Waals surface area contributed by atoms with Crippen LogP contribution in [0.15, 0.2) is 42.3 Å². The van der Waals surface area contributed by atoms with Gasteiger partial charge in [-0.3, -0.25) is 4.98 Å². The van der Waals surface area contributed by atoms with Gasteiger partial charge in [0, 0.05) is 25.5 Å². The summed E-state index contributed by atoms with van der Waals surface area (Å²) in [4.78, 5) is 21.2. The van der Waals surface area contributed by atoms with E-state index < -0.39 is 6.16 Å². The standard InChI is InChI=1S/C30H42N2O4/c1-4-34-16-17-35-28(33)36-32-19-21-11-13-29(2)23(18-21)7-8-24-26-10-9-25(22-6-5-15-31-20-22)30(26,3)14-12-27(24)29/h5-6,9,15,18,20-21,24,26-27,32H,4,7-8,10-14,16-17,19H2,1-3H3/t21?,24-,26+,27+,29+,30-/m1/s1. The zero-order valence-corrected chi connectivity index (χ0v) is 22.1. The number of hydrogen-bond donors (Lipinski definition) is 1. The molecule has 0 radical (unpaired) electrons. The predicted molar refractivity (Wildman–Crippen MR) is 140 cm³/mol. The minimum absolute atomic E-state index is 0.210.